The van der Waals surface area contributed by atoms with E-state index in [0.717, 1.165) is 55.2 Å². The zero-order chi connectivity index (χ0) is 15.9. The van der Waals surface area contributed by atoms with Gasteiger partial charge in [-0.25, -0.2) is 9.97 Å². The molecular formula is C20H20N4. The Labute approximate surface area is 141 Å². The van der Waals surface area contributed by atoms with Crippen molar-refractivity contribution in [1.82, 2.24) is 15.3 Å². The van der Waals surface area contributed by atoms with Gasteiger partial charge in [0, 0.05) is 37.9 Å². The number of nitrogens with one attached hydrogen (secondary N) is 1. The SMILES string of the molecule is c1ccc2cc(-c3ccnc(N4CC5CNCC5C4)n3)ccc2c1. The van der Waals surface area contributed by atoms with Crippen LogP contribution in [-0.2, 0) is 0 Å². The van der Waals surface area contributed by atoms with Crippen molar-refractivity contribution in [2.75, 3.05) is 31.1 Å². The number of anilines is 1. The van der Waals surface area contributed by atoms with Crippen LogP contribution in [0.3, 0.4) is 0 Å². The Balaban J connectivity index is 1.48. The summed E-state index contributed by atoms with van der Waals surface area (Å²) < 4.78 is 0. The fourth-order valence-corrected chi connectivity index (χ4v) is 4.03. The second-order valence-corrected chi connectivity index (χ2v) is 6.89. The zero-order valence-corrected chi connectivity index (χ0v) is 13.5. The molecule has 24 heavy (non-hydrogen) atoms. The van der Waals surface area contributed by atoms with Gasteiger partial charge >= 0.3 is 0 Å². The molecular weight excluding hydrogens is 296 g/mol. The van der Waals surface area contributed by atoms with Crippen LogP contribution in [0.5, 0.6) is 0 Å². The van der Waals surface area contributed by atoms with Crippen molar-refractivity contribution in [1.29, 1.82) is 0 Å². The Kier molecular flexibility index (Phi) is 3.23. The quantitative estimate of drug-likeness (QED) is 0.789. The van der Waals surface area contributed by atoms with Crippen molar-refractivity contribution in [3.63, 3.8) is 0 Å². The molecule has 3 heterocycles. The normalized spacial score (nSPS) is 22.9. The highest BCUT2D eigenvalue weighted by molar-refractivity contribution is 5.86. The molecule has 1 aromatic heterocycles. The summed E-state index contributed by atoms with van der Waals surface area (Å²) in [5, 5.41) is 5.99. The number of aromatic nitrogens is 2. The summed E-state index contributed by atoms with van der Waals surface area (Å²) in [6.07, 6.45) is 1.89. The first-order chi connectivity index (χ1) is 11.9. The van der Waals surface area contributed by atoms with E-state index in [9.17, 15) is 0 Å². The Bertz CT molecular complexity index is 879. The monoisotopic (exact) mass is 316 g/mol. The number of hydrogen-bond donors (Lipinski definition) is 1. The molecule has 0 spiro atoms. The van der Waals surface area contributed by atoms with Gasteiger partial charge < -0.3 is 10.2 Å². The molecule has 0 bridgehead atoms. The van der Waals surface area contributed by atoms with Gasteiger partial charge in [-0.15, -0.1) is 0 Å². The van der Waals surface area contributed by atoms with Crippen LogP contribution in [0.4, 0.5) is 5.95 Å². The third kappa shape index (κ3) is 2.34. The van der Waals surface area contributed by atoms with E-state index in [1.807, 2.05) is 12.3 Å². The van der Waals surface area contributed by atoms with E-state index in [2.05, 4.69) is 57.7 Å². The largest absolute Gasteiger partial charge is 0.340 e. The maximum absolute atomic E-state index is 4.85. The third-order valence-electron chi connectivity index (χ3n) is 5.36. The Hall–Kier alpha value is -2.46. The van der Waals surface area contributed by atoms with Crippen LogP contribution in [0, 0.1) is 11.8 Å². The van der Waals surface area contributed by atoms with Crippen molar-refractivity contribution < 1.29 is 0 Å². The van der Waals surface area contributed by atoms with Crippen LogP contribution in [0.25, 0.3) is 22.0 Å². The van der Waals surface area contributed by atoms with E-state index in [1.54, 1.807) is 0 Å². The molecule has 2 aliphatic heterocycles. The van der Waals surface area contributed by atoms with Crippen LogP contribution >= 0.6 is 0 Å². The standard InChI is InChI=1S/C20H20N4/c1-2-4-15-9-16(6-5-14(15)3-1)19-7-8-22-20(23-19)24-12-17-10-21-11-18(17)13-24/h1-9,17-18,21H,10-13H2. The topological polar surface area (TPSA) is 41.1 Å². The second kappa shape index (κ2) is 5.56. The summed E-state index contributed by atoms with van der Waals surface area (Å²) in [5.74, 6) is 2.37. The number of nitrogens with zero attached hydrogens (tertiary/aromatic N) is 3. The lowest BCUT2D eigenvalue weighted by Gasteiger charge is -2.17. The van der Waals surface area contributed by atoms with Crippen molar-refractivity contribution in [2.24, 2.45) is 11.8 Å². The van der Waals surface area contributed by atoms with Gasteiger partial charge in [0.2, 0.25) is 5.95 Å². The highest BCUT2D eigenvalue weighted by Crippen LogP contribution is 2.30. The van der Waals surface area contributed by atoms with E-state index in [-0.39, 0.29) is 0 Å². The van der Waals surface area contributed by atoms with E-state index in [4.69, 9.17) is 4.98 Å². The Morgan fingerprint density at radius 1 is 0.917 bits per heavy atom. The first-order valence-electron chi connectivity index (χ1n) is 8.65. The molecule has 0 aliphatic carbocycles. The average molecular weight is 316 g/mol. The fraction of sp³-hybridized carbons (Fsp3) is 0.300. The molecule has 120 valence electrons. The number of hydrogen-bond acceptors (Lipinski definition) is 4. The van der Waals surface area contributed by atoms with Crippen molar-refractivity contribution >= 4 is 16.7 Å². The zero-order valence-electron chi connectivity index (χ0n) is 13.5. The lowest BCUT2D eigenvalue weighted by atomic mass is 10.0. The molecule has 0 radical (unpaired) electrons. The van der Waals surface area contributed by atoms with Gasteiger partial charge in [-0.2, -0.15) is 0 Å². The van der Waals surface area contributed by atoms with Crippen molar-refractivity contribution in [3.05, 3.63) is 54.7 Å². The highest BCUT2D eigenvalue weighted by Gasteiger charge is 2.37. The molecule has 3 aromatic rings. The summed E-state index contributed by atoms with van der Waals surface area (Å²) in [5.41, 5.74) is 2.15. The molecule has 2 atom stereocenters. The van der Waals surface area contributed by atoms with Crippen LogP contribution in [-0.4, -0.2) is 36.1 Å². The second-order valence-electron chi connectivity index (χ2n) is 6.89. The molecule has 1 N–H and O–H groups in total. The summed E-state index contributed by atoms with van der Waals surface area (Å²) in [6, 6.07) is 17.0. The van der Waals surface area contributed by atoms with E-state index < -0.39 is 0 Å². The number of rotatable bonds is 2. The van der Waals surface area contributed by atoms with Gasteiger partial charge in [0.15, 0.2) is 0 Å². The van der Waals surface area contributed by atoms with Gasteiger partial charge in [0.05, 0.1) is 5.69 Å². The van der Waals surface area contributed by atoms with Gasteiger partial charge in [0.1, 0.15) is 0 Å². The minimum atomic E-state index is 0.748. The minimum absolute atomic E-state index is 0.748. The third-order valence-corrected chi connectivity index (χ3v) is 5.36. The average Bonchev–Trinajstić information content (AvgIpc) is 3.23. The Morgan fingerprint density at radius 2 is 1.71 bits per heavy atom. The van der Waals surface area contributed by atoms with Gasteiger partial charge in [-0.05, 0) is 34.7 Å². The van der Waals surface area contributed by atoms with E-state index >= 15 is 0 Å². The minimum Gasteiger partial charge on any atom is -0.340 e. The van der Waals surface area contributed by atoms with Crippen molar-refractivity contribution in [3.8, 4) is 11.3 Å². The molecule has 4 heteroatoms. The molecule has 0 saturated carbocycles. The first kappa shape index (κ1) is 13.9. The number of fused-ring (bicyclic) bond motifs is 2. The summed E-state index contributed by atoms with van der Waals surface area (Å²) in [7, 11) is 0. The van der Waals surface area contributed by atoms with Crippen LogP contribution in [0.1, 0.15) is 0 Å². The smallest absolute Gasteiger partial charge is 0.225 e. The molecule has 2 aromatic carbocycles. The molecule has 2 unspecified atom stereocenters. The van der Waals surface area contributed by atoms with Crippen LogP contribution in [0.15, 0.2) is 54.7 Å². The van der Waals surface area contributed by atoms with E-state index in [0.29, 0.717) is 0 Å². The maximum Gasteiger partial charge on any atom is 0.225 e. The van der Waals surface area contributed by atoms with Crippen LogP contribution < -0.4 is 10.2 Å². The first-order valence-corrected chi connectivity index (χ1v) is 8.65. The summed E-state index contributed by atoms with van der Waals surface area (Å²) in [4.78, 5) is 11.7. The molecule has 5 rings (SSSR count). The maximum atomic E-state index is 4.85. The molecule has 2 aliphatic rings. The highest BCUT2D eigenvalue weighted by atomic mass is 15.3. The predicted molar refractivity (Wildman–Crippen MR) is 97.0 cm³/mol. The van der Waals surface area contributed by atoms with Gasteiger partial charge in [0.25, 0.3) is 0 Å². The van der Waals surface area contributed by atoms with Gasteiger partial charge in [-0.1, -0.05) is 36.4 Å². The molecule has 2 fully saturated rings. The number of benzene rings is 2. The molecule has 2 saturated heterocycles. The predicted octanol–water partition coefficient (Wildman–Crippen LogP) is 2.95. The molecule has 4 nitrogen and oxygen atoms in total. The van der Waals surface area contributed by atoms with Gasteiger partial charge in [-0.3, -0.25) is 0 Å². The summed E-state index contributed by atoms with van der Waals surface area (Å²) >= 11 is 0. The summed E-state index contributed by atoms with van der Waals surface area (Å²) in [6.45, 7) is 4.40. The van der Waals surface area contributed by atoms with Crippen molar-refractivity contribution in [2.45, 2.75) is 0 Å². The van der Waals surface area contributed by atoms with E-state index in [1.165, 1.54) is 10.8 Å². The lowest BCUT2D eigenvalue weighted by Crippen LogP contribution is -2.27. The lowest BCUT2D eigenvalue weighted by molar-refractivity contribution is 0.533. The Morgan fingerprint density at radius 3 is 2.54 bits per heavy atom. The fourth-order valence-electron chi connectivity index (χ4n) is 4.03. The van der Waals surface area contributed by atoms with Crippen LogP contribution in [0.2, 0.25) is 0 Å². The molecule has 0 amide bonds.